The van der Waals surface area contributed by atoms with E-state index in [1.165, 1.54) is 15.9 Å². The van der Waals surface area contributed by atoms with Gasteiger partial charge in [0.1, 0.15) is 0 Å². The molecule has 27 heavy (non-hydrogen) atoms. The molecule has 0 aromatic heterocycles. The van der Waals surface area contributed by atoms with Gasteiger partial charge in [0.2, 0.25) is 15.9 Å². The SMILES string of the molecule is CC(NC(=O)CN1CCCN(S(C)(=O)=O)CC1)c1ccc2ccccc2c1. The highest BCUT2D eigenvalue weighted by Gasteiger charge is 2.22. The molecule has 1 heterocycles. The van der Waals surface area contributed by atoms with Crippen LogP contribution in [0.4, 0.5) is 0 Å². The molecule has 1 aliphatic rings. The van der Waals surface area contributed by atoms with Crippen LogP contribution in [0.25, 0.3) is 10.8 Å². The molecule has 0 bridgehead atoms. The highest BCUT2D eigenvalue weighted by molar-refractivity contribution is 7.88. The van der Waals surface area contributed by atoms with E-state index in [4.69, 9.17) is 0 Å². The Hall–Kier alpha value is -1.96. The molecule has 2 aromatic rings. The van der Waals surface area contributed by atoms with E-state index in [1.807, 2.05) is 30.0 Å². The molecule has 146 valence electrons. The number of hydrogen-bond acceptors (Lipinski definition) is 4. The number of hydrogen-bond donors (Lipinski definition) is 1. The van der Waals surface area contributed by atoms with Crippen LogP contribution in [0.3, 0.4) is 0 Å². The quantitative estimate of drug-likeness (QED) is 0.849. The lowest BCUT2D eigenvalue weighted by Crippen LogP contribution is -2.40. The minimum absolute atomic E-state index is 0.0385. The van der Waals surface area contributed by atoms with Gasteiger partial charge >= 0.3 is 0 Å². The molecule has 1 fully saturated rings. The number of fused-ring (bicyclic) bond motifs is 1. The largest absolute Gasteiger partial charge is 0.348 e. The maximum atomic E-state index is 12.5. The van der Waals surface area contributed by atoms with E-state index >= 15 is 0 Å². The van der Waals surface area contributed by atoms with Gasteiger partial charge in [0, 0.05) is 19.6 Å². The molecule has 0 spiro atoms. The maximum absolute atomic E-state index is 12.5. The topological polar surface area (TPSA) is 69.7 Å². The molecule has 3 rings (SSSR count). The van der Waals surface area contributed by atoms with Crippen LogP contribution in [-0.4, -0.2) is 62.5 Å². The minimum atomic E-state index is -3.17. The third-order valence-corrected chi connectivity index (χ3v) is 6.34. The second kappa shape index (κ2) is 8.37. The van der Waals surface area contributed by atoms with E-state index in [0.29, 0.717) is 19.6 Å². The fourth-order valence-electron chi connectivity index (χ4n) is 3.49. The molecule has 0 saturated carbocycles. The van der Waals surface area contributed by atoms with Crippen LogP contribution < -0.4 is 5.32 Å². The summed E-state index contributed by atoms with van der Waals surface area (Å²) in [6, 6.07) is 14.3. The molecule has 2 aromatic carbocycles. The number of sulfonamides is 1. The molecule has 1 atom stereocenters. The molecule has 0 radical (unpaired) electrons. The van der Waals surface area contributed by atoms with Crippen molar-refractivity contribution in [3.63, 3.8) is 0 Å². The first-order valence-corrected chi connectivity index (χ1v) is 11.1. The van der Waals surface area contributed by atoms with Gasteiger partial charge in [-0.05, 0) is 42.3 Å². The Morgan fingerprint density at radius 3 is 2.56 bits per heavy atom. The van der Waals surface area contributed by atoms with Crippen LogP contribution in [0, 0.1) is 0 Å². The third-order valence-electron chi connectivity index (χ3n) is 5.03. The number of nitrogens with zero attached hydrogens (tertiary/aromatic N) is 2. The first kappa shape index (κ1) is 19.8. The summed E-state index contributed by atoms with van der Waals surface area (Å²) in [5, 5.41) is 5.39. The average molecular weight is 390 g/mol. The molecule has 1 aliphatic heterocycles. The van der Waals surface area contributed by atoms with Crippen LogP contribution in [0.2, 0.25) is 0 Å². The molecular formula is C20H27N3O3S. The van der Waals surface area contributed by atoms with E-state index in [0.717, 1.165) is 23.9 Å². The number of carbonyl (C=O) groups excluding carboxylic acids is 1. The molecule has 1 unspecified atom stereocenters. The average Bonchev–Trinajstić information content (AvgIpc) is 2.86. The fraction of sp³-hybridized carbons (Fsp3) is 0.450. The number of amides is 1. The van der Waals surface area contributed by atoms with Gasteiger partial charge in [-0.1, -0.05) is 36.4 Å². The van der Waals surface area contributed by atoms with E-state index in [-0.39, 0.29) is 18.5 Å². The van der Waals surface area contributed by atoms with Crippen LogP contribution in [0.1, 0.15) is 24.9 Å². The lowest BCUT2D eigenvalue weighted by Gasteiger charge is -2.22. The van der Waals surface area contributed by atoms with E-state index in [9.17, 15) is 13.2 Å². The molecule has 6 nitrogen and oxygen atoms in total. The lowest BCUT2D eigenvalue weighted by molar-refractivity contribution is -0.122. The van der Waals surface area contributed by atoms with E-state index in [1.54, 1.807) is 0 Å². The lowest BCUT2D eigenvalue weighted by atomic mass is 10.0. The Morgan fingerprint density at radius 1 is 1.07 bits per heavy atom. The Kier molecular flexibility index (Phi) is 6.14. The Balaban J connectivity index is 1.56. The maximum Gasteiger partial charge on any atom is 0.234 e. The fourth-order valence-corrected chi connectivity index (χ4v) is 4.36. The van der Waals surface area contributed by atoms with E-state index in [2.05, 4.69) is 29.6 Å². The highest BCUT2D eigenvalue weighted by Crippen LogP contribution is 2.20. The Morgan fingerprint density at radius 2 is 1.81 bits per heavy atom. The van der Waals surface area contributed by atoms with Crippen molar-refractivity contribution in [1.82, 2.24) is 14.5 Å². The van der Waals surface area contributed by atoms with Crippen LogP contribution >= 0.6 is 0 Å². The van der Waals surface area contributed by atoms with Gasteiger partial charge in [0.25, 0.3) is 0 Å². The zero-order chi connectivity index (χ0) is 19.4. The van der Waals surface area contributed by atoms with E-state index < -0.39 is 10.0 Å². The summed E-state index contributed by atoms with van der Waals surface area (Å²) < 4.78 is 24.9. The second-order valence-electron chi connectivity index (χ2n) is 7.19. The first-order valence-electron chi connectivity index (χ1n) is 9.28. The van der Waals surface area contributed by atoms with Gasteiger partial charge < -0.3 is 5.32 Å². The van der Waals surface area contributed by atoms with Crippen molar-refractivity contribution in [3.05, 3.63) is 48.0 Å². The third kappa shape index (κ3) is 5.28. The molecule has 1 N–H and O–H groups in total. The number of carbonyl (C=O) groups is 1. The first-order chi connectivity index (χ1) is 12.8. The summed E-state index contributed by atoms with van der Waals surface area (Å²) in [7, 11) is -3.17. The van der Waals surface area contributed by atoms with Crippen LogP contribution in [0.5, 0.6) is 0 Å². The van der Waals surface area contributed by atoms with Gasteiger partial charge in [-0.15, -0.1) is 0 Å². The summed E-state index contributed by atoms with van der Waals surface area (Å²) in [5.74, 6) is -0.0385. The van der Waals surface area contributed by atoms with Crippen molar-refractivity contribution in [2.45, 2.75) is 19.4 Å². The van der Waals surface area contributed by atoms with Crippen molar-refractivity contribution >= 4 is 26.7 Å². The Bertz CT molecular complexity index is 914. The van der Waals surface area contributed by atoms with Crippen molar-refractivity contribution in [2.75, 3.05) is 39.0 Å². The number of benzene rings is 2. The van der Waals surface area contributed by atoms with Crippen molar-refractivity contribution in [3.8, 4) is 0 Å². The molecule has 7 heteroatoms. The standard InChI is InChI=1S/C20H27N3O3S/c1-16(18-9-8-17-6-3-4-7-19(17)14-18)21-20(24)15-22-10-5-11-23(13-12-22)27(2,25)26/h3-4,6-9,14,16H,5,10-13,15H2,1-2H3,(H,21,24). The zero-order valence-electron chi connectivity index (χ0n) is 15.9. The van der Waals surface area contributed by atoms with Gasteiger partial charge in [0.15, 0.2) is 0 Å². The Labute approximate surface area is 161 Å². The predicted molar refractivity (Wildman–Crippen MR) is 108 cm³/mol. The number of nitrogens with one attached hydrogen (secondary N) is 1. The number of rotatable bonds is 5. The van der Waals surface area contributed by atoms with Crippen molar-refractivity contribution in [1.29, 1.82) is 0 Å². The summed E-state index contributed by atoms with van der Waals surface area (Å²) in [4.78, 5) is 14.5. The van der Waals surface area contributed by atoms with Crippen molar-refractivity contribution < 1.29 is 13.2 Å². The summed E-state index contributed by atoms with van der Waals surface area (Å²) in [6.45, 7) is 4.52. The molecule has 1 saturated heterocycles. The van der Waals surface area contributed by atoms with Gasteiger partial charge in [-0.3, -0.25) is 9.69 Å². The monoisotopic (exact) mass is 389 g/mol. The normalized spacial score (nSPS) is 18.1. The molecule has 0 aliphatic carbocycles. The predicted octanol–water partition coefficient (Wildman–Crippen LogP) is 1.98. The second-order valence-corrected chi connectivity index (χ2v) is 9.17. The molecule has 1 amide bonds. The minimum Gasteiger partial charge on any atom is -0.348 e. The smallest absolute Gasteiger partial charge is 0.234 e. The summed E-state index contributed by atoms with van der Waals surface area (Å²) in [6.07, 6.45) is 1.97. The van der Waals surface area contributed by atoms with Crippen molar-refractivity contribution in [2.24, 2.45) is 0 Å². The zero-order valence-corrected chi connectivity index (χ0v) is 16.7. The summed E-state index contributed by atoms with van der Waals surface area (Å²) >= 11 is 0. The van der Waals surface area contributed by atoms with Crippen LogP contribution in [-0.2, 0) is 14.8 Å². The van der Waals surface area contributed by atoms with Gasteiger partial charge in [-0.25, -0.2) is 12.7 Å². The van der Waals surface area contributed by atoms with Gasteiger partial charge in [-0.2, -0.15) is 0 Å². The highest BCUT2D eigenvalue weighted by atomic mass is 32.2. The van der Waals surface area contributed by atoms with Crippen LogP contribution in [0.15, 0.2) is 42.5 Å². The summed E-state index contributed by atoms with van der Waals surface area (Å²) in [5.41, 5.74) is 1.07. The van der Waals surface area contributed by atoms with Gasteiger partial charge in [0.05, 0.1) is 18.8 Å². The molecular weight excluding hydrogens is 362 g/mol.